The Morgan fingerprint density at radius 3 is 2.48 bits per heavy atom. The van der Waals surface area contributed by atoms with Gasteiger partial charge in [0.15, 0.2) is 5.78 Å². The number of rotatable bonds is 3. The number of fused-ring (bicyclic) bond motifs is 3. The highest BCUT2D eigenvalue weighted by atomic mass is 16.5. The Morgan fingerprint density at radius 1 is 1.19 bits per heavy atom. The molecular formula is C24H34O7. The number of carbonyl (C=O) groups is 3. The molecule has 4 saturated carbocycles. The van der Waals surface area contributed by atoms with Crippen molar-refractivity contribution in [1.29, 1.82) is 0 Å². The fourth-order valence-electron chi connectivity index (χ4n) is 8.02. The van der Waals surface area contributed by atoms with Crippen molar-refractivity contribution in [2.24, 2.45) is 28.1 Å². The number of ether oxygens (including phenoxy) is 2. The molecule has 3 unspecified atom stereocenters. The molecule has 0 amide bonds. The van der Waals surface area contributed by atoms with Gasteiger partial charge in [0.2, 0.25) is 0 Å². The number of hydrogen-bond donors (Lipinski definition) is 2. The summed E-state index contributed by atoms with van der Waals surface area (Å²) in [6.45, 7) is 11.0. The molecule has 0 saturated heterocycles. The van der Waals surface area contributed by atoms with E-state index in [0.717, 1.165) is 19.3 Å². The van der Waals surface area contributed by atoms with Gasteiger partial charge in [-0.2, -0.15) is 0 Å². The molecule has 7 nitrogen and oxygen atoms in total. The van der Waals surface area contributed by atoms with Gasteiger partial charge in [-0.25, -0.2) is 0 Å². The van der Waals surface area contributed by atoms with Crippen LogP contribution in [0, 0.1) is 28.1 Å². The molecule has 4 fully saturated rings. The summed E-state index contributed by atoms with van der Waals surface area (Å²) in [5.74, 6) is -1.59. The maximum Gasteiger partial charge on any atom is 0.302 e. The van der Waals surface area contributed by atoms with Crippen LogP contribution in [0.15, 0.2) is 12.2 Å². The zero-order valence-electron chi connectivity index (χ0n) is 18.9. The first-order valence-corrected chi connectivity index (χ1v) is 11.3. The minimum Gasteiger partial charge on any atom is -0.465 e. The van der Waals surface area contributed by atoms with Crippen molar-refractivity contribution < 1.29 is 34.1 Å². The lowest BCUT2D eigenvalue weighted by Gasteiger charge is -2.66. The molecule has 2 N–H and O–H groups in total. The molecule has 7 heteroatoms. The Bertz CT molecular complexity index is 851. The number of ketones is 1. The van der Waals surface area contributed by atoms with Crippen molar-refractivity contribution in [1.82, 2.24) is 0 Å². The Hall–Kier alpha value is -1.73. The third-order valence-corrected chi connectivity index (χ3v) is 9.10. The largest absolute Gasteiger partial charge is 0.465 e. The molecule has 0 aromatic rings. The summed E-state index contributed by atoms with van der Waals surface area (Å²) in [7, 11) is 0. The van der Waals surface area contributed by atoms with Gasteiger partial charge in [-0.1, -0.05) is 26.8 Å². The second kappa shape index (κ2) is 6.88. The average molecular weight is 435 g/mol. The number of aliphatic hydroxyl groups is 2. The van der Waals surface area contributed by atoms with Crippen molar-refractivity contribution >= 4 is 17.7 Å². The van der Waals surface area contributed by atoms with Gasteiger partial charge < -0.3 is 19.7 Å². The predicted octanol–water partition coefficient (Wildman–Crippen LogP) is 2.32. The molecule has 31 heavy (non-hydrogen) atoms. The van der Waals surface area contributed by atoms with Gasteiger partial charge in [-0.15, -0.1) is 0 Å². The molecule has 172 valence electrons. The molecule has 8 atom stereocenters. The SMILES string of the molecule is C=C1C(=O)[C@]23CC1(O)C[C@H](OC(C)=O)[C@H]2C1(C)CCC[C@@](C)(COC(C)=O)[C@H]1CC3O. The Kier molecular flexibility index (Phi) is 4.99. The molecule has 0 heterocycles. The van der Waals surface area contributed by atoms with Crippen LogP contribution < -0.4 is 0 Å². The van der Waals surface area contributed by atoms with E-state index >= 15 is 0 Å². The summed E-state index contributed by atoms with van der Waals surface area (Å²) < 4.78 is 11.2. The van der Waals surface area contributed by atoms with Gasteiger partial charge in [-0.05, 0) is 37.0 Å². The van der Waals surface area contributed by atoms with Crippen molar-refractivity contribution in [3.8, 4) is 0 Å². The maximum atomic E-state index is 13.6. The Morgan fingerprint density at radius 2 is 1.87 bits per heavy atom. The van der Waals surface area contributed by atoms with E-state index < -0.39 is 40.5 Å². The number of aliphatic hydroxyl groups excluding tert-OH is 1. The van der Waals surface area contributed by atoms with Gasteiger partial charge in [-0.3, -0.25) is 14.4 Å². The first-order valence-electron chi connectivity index (χ1n) is 11.3. The molecular weight excluding hydrogens is 400 g/mol. The lowest BCUT2D eigenvalue weighted by atomic mass is 9.39. The minimum absolute atomic E-state index is 0.0374. The summed E-state index contributed by atoms with van der Waals surface area (Å²) in [6.07, 6.45) is 1.42. The van der Waals surface area contributed by atoms with E-state index in [4.69, 9.17) is 9.47 Å². The van der Waals surface area contributed by atoms with Crippen LogP contribution in [0.1, 0.15) is 66.2 Å². The molecule has 1 spiro atoms. The van der Waals surface area contributed by atoms with Crippen molar-refractivity contribution in [2.45, 2.75) is 84.0 Å². The molecule has 4 aliphatic rings. The fourth-order valence-corrected chi connectivity index (χ4v) is 8.02. The fraction of sp³-hybridized carbons (Fsp3) is 0.792. The Balaban J connectivity index is 1.84. The molecule has 0 aromatic heterocycles. The second-order valence-electron chi connectivity index (χ2n) is 11.0. The number of carbonyl (C=O) groups excluding carboxylic acids is 3. The van der Waals surface area contributed by atoms with Crippen molar-refractivity contribution in [3.05, 3.63) is 12.2 Å². The number of Topliss-reactive ketones (excluding diaryl/α,β-unsaturated/α-hetero) is 1. The lowest BCUT2D eigenvalue weighted by molar-refractivity contribution is -0.246. The highest BCUT2D eigenvalue weighted by Gasteiger charge is 2.76. The zero-order chi connectivity index (χ0) is 23.0. The van der Waals surface area contributed by atoms with E-state index in [1.807, 2.05) is 0 Å². The van der Waals surface area contributed by atoms with Crippen LogP contribution in [0.5, 0.6) is 0 Å². The summed E-state index contributed by atoms with van der Waals surface area (Å²) in [6, 6.07) is 0. The van der Waals surface area contributed by atoms with E-state index in [1.54, 1.807) is 0 Å². The quantitative estimate of drug-likeness (QED) is 0.518. The van der Waals surface area contributed by atoms with Gasteiger partial charge in [0.05, 0.1) is 23.7 Å². The van der Waals surface area contributed by atoms with E-state index in [2.05, 4.69) is 20.4 Å². The smallest absolute Gasteiger partial charge is 0.302 e. The first-order chi connectivity index (χ1) is 14.3. The lowest BCUT2D eigenvalue weighted by Crippen LogP contribution is -2.68. The van der Waals surface area contributed by atoms with Crippen LogP contribution in [-0.2, 0) is 23.9 Å². The summed E-state index contributed by atoms with van der Waals surface area (Å²) in [5, 5.41) is 22.7. The van der Waals surface area contributed by atoms with Gasteiger partial charge >= 0.3 is 11.9 Å². The highest BCUT2D eigenvalue weighted by molar-refractivity contribution is 6.05. The Labute approximate surface area is 183 Å². The first kappa shape index (κ1) is 22.5. The molecule has 0 radical (unpaired) electrons. The molecule has 0 aliphatic heterocycles. The highest BCUT2D eigenvalue weighted by Crippen LogP contribution is 2.72. The van der Waals surface area contributed by atoms with Crippen LogP contribution in [0.3, 0.4) is 0 Å². The number of esters is 2. The standard InChI is InChI=1S/C24H34O7/c1-13-20(28)24-11-23(13,29)10-16(31-15(3)26)19(24)22(5)8-6-7-21(4,12-30-14(2)25)17(22)9-18(24)27/h16-19,27,29H,1,6-12H2,2-5H3/t16-,17+,18?,19-,21-,22?,23?,24-/m0/s1. The molecule has 0 aromatic carbocycles. The number of hydrogen-bond acceptors (Lipinski definition) is 7. The predicted molar refractivity (Wildman–Crippen MR) is 111 cm³/mol. The molecule has 4 rings (SSSR count). The van der Waals surface area contributed by atoms with E-state index in [9.17, 15) is 24.6 Å². The third-order valence-electron chi connectivity index (χ3n) is 9.10. The van der Waals surface area contributed by atoms with Crippen LogP contribution >= 0.6 is 0 Å². The van der Waals surface area contributed by atoms with Crippen LogP contribution in [0.4, 0.5) is 0 Å². The molecule has 4 aliphatic carbocycles. The maximum absolute atomic E-state index is 13.6. The van der Waals surface area contributed by atoms with Crippen molar-refractivity contribution in [2.75, 3.05) is 6.61 Å². The van der Waals surface area contributed by atoms with Crippen LogP contribution in [0.25, 0.3) is 0 Å². The zero-order valence-corrected chi connectivity index (χ0v) is 18.9. The van der Waals surface area contributed by atoms with Gasteiger partial charge in [0, 0.05) is 37.2 Å². The monoisotopic (exact) mass is 434 g/mol. The van der Waals surface area contributed by atoms with E-state index in [0.29, 0.717) is 6.42 Å². The van der Waals surface area contributed by atoms with E-state index in [1.165, 1.54) is 13.8 Å². The average Bonchev–Trinajstić information content (AvgIpc) is 2.80. The van der Waals surface area contributed by atoms with Gasteiger partial charge in [0.25, 0.3) is 0 Å². The van der Waals surface area contributed by atoms with Crippen LogP contribution in [0.2, 0.25) is 0 Å². The summed E-state index contributed by atoms with van der Waals surface area (Å²) in [4.78, 5) is 37.1. The van der Waals surface area contributed by atoms with Crippen LogP contribution in [-0.4, -0.2) is 52.4 Å². The van der Waals surface area contributed by atoms with Crippen molar-refractivity contribution in [3.63, 3.8) is 0 Å². The molecule has 2 bridgehead atoms. The normalized spacial score (nSPS) is 48.6. The summed E-state index contributed by atoms with van der Waals surface area (Å²) in [5.41, 5.74) is -3.36. The third kappa shape index (κ3) is 2.95. The van der Waals surface area contributed by atoms with E-state index in [-0.39, 0.29) is 48.1 Å². The topological polar surface area (TPSA) is 110 Å². The van der Waals surface area contributed by atoms with Gasteiger partial charge in [0.1, 0.15) is 6.10 Å². The minimum atomic E-state index is -1.46. The second-order valence-corrected chi connectivity index (χ2v) is 11.0. The summed E-state index contributed by atoms with van der Waals surface area (Å²) >= 11 is 0.